The lowest BCUT2D eigenvalue weighted by molar-refractivity contribution is -0.117. The Balaban J connectivity index is 2.59. The van der Waals surface area contributed by atoms with Crippen molar-refractivity contribution >= 4 is 5.91 Å². The third-order valence-electron chi connectivity index (χ3n) is 2.64. The molecule has 17 heavy (non-hydrogen) atoms. The Morgan fingerprint density at radius 1 is 1.35 bits per heavy atom. The molecule has 0 radical (unpaired) electrons. The molecule has 1 aromatic rings. The highest BCUT2D eigenvalue weighted by molar-refractivity contribution is 5.92. The highest BCUT2D eigenvalue weighted by Gasteiger charge is 2.04. The monoisotopic (exact) mass is 233 g/mol. The van der Waals surface area contributed by atoms with Crippen LogP contribution in [0.4, 0.5) is 0 Å². The Bertz CT molecular complexity index is 427. The Kier molecular flexibility index (Phi) is 4.32. The van der Waals surface area contributed by atoms with Crippen LogP contribution >= 0.6 is 0 Å². The number of amides is 1. The zero-order chi connectivity index (χ0) is 13.0. The van der Waals surface area contributed by atoms with Gasteiger partial charge in [-0.2, -0.15) is 0 Å². The van der Waals surface area contributed by atoms with E-state index >= 15 is 0 Å². The number of hydrogen-bond donors (Lipinski definition) is 2. The number of hydrogen-bond acceptors (Lipinski definition) is 2. The summed E-state index contributed by atoms with van der Waals surface area (Å²) in [5.74, 6) is 0.233. The second-order valence-corrected chi connectivity index (χ2v) is 4.36. The number of aryl methyl sites for hydroxylation is 2. The van der Waals surface area contributed by atoms with Gasteiger partial charge in [0.2, 0.25) is 5.91 Å². The molecular weight excluding hydrogens is 214 g/mol. The van der Waals surface area contributed by atoms with Gasteiger partial charge in [0, 0.05) is 12.1 Å². The molecule has 92 valence electrons. The number of carbonyl (C=O) groups is 1. The molecule has 0 fully saturated rings. The summed E-state index contributed by atoms with van der Waals surface area (Å²) >= 11 is 0. The molecule has 1 rings (SSSR count). The predicted octanol–water partition coefficient (Wildman–Crippen LogP) is 2.24. The van der Waals surface area contributed by atoms with Gasteiger partial charge in [-0.3, -0.25) is 4.79 Å². The van der Waals surface area contributed by atoms with E-state index in [1.54, 1.807) is 6.92 Å². The summed E-state index contributed by atoms with van der Waals surface area (Å²) in [7, 11) is 0. The highest BCUT2D eigenvalue weighted by atomic mass is 16.3. The van der Waals surface area contributed by atoms with Crippen molar-refractivity contribution < 1.29 is 9.90 Å². The van der Waals surface area contributed by atoms with Crippen molar-refractivity contribution in [2.75, 3.05) is 6.54 Å². The van der Waals surface area contributed by atoms with E-state index in [1.165, 1.54) is 0 Å². The van der Waals surface area contributed by atoms with E-state index in [-0.39, 0.29) is 5.91 Å². The number of aromatic hydroxyl groups is 1. The van der Waals surface area contributed by atoms with Crippen LogP contribution < -0.4 is 5.32 Å². The van der Waals surface area contributed by atoms with Crippen LogP contribution in [-0.4, -0.2) is 17.6 Å². The van der Waals surface area contributed by atoms with Crippen LogP contribution in [0.15, 0.2) is 24.3 Å². The van der Waals surface area contributed by atoms with Crippen LogP contribution in [-0.2, 0) is 11.2 Å². The summed E-state index contributed by atoms with van der Waals surface area (Å²) < 4.78 is 0. The van der Waals surface area contributed by atoms with Gasteiger partial charge in [0.1, 0.15) is 5.75 Å². The normalized spacial score (nSPS) is 10.1. The SMILES string of the molecule is C=C(C)C(=O)NCCc1cc(C)c(O)c(C)c1. The number of nitrogens with one attached hydrogen (secondary N) is 1. The third-order valence-corrected chi connectivity index (χ3v) is 2.64. The Morgan fingerprint density at radius 3 is 2.35 bits per heavy atom. The van der Waals surface area contributed by atoms with Crippen LogP contribution in [0.2, 0.25) is 0 Å². The van der Waals surface area contributed by atoms with Gasteiger partial charge >= 0.3 is 0 Å². The first-order chi connectivity index (χ1) is 7.91. The maximum Gasteiger partial charge on any atom is 0.246 e. The Labute approximate surface area is 102 Å². The van der Waals surface area contributed by atoms with Gasteiger partial charge < -0.3 is 10.4 Å². The van der Waals surface area contributed by atoms with Crippen molar-refractivity contribution in [3.63, 3.8) is 0 Å². The number of rotatable bonds is 4. The largest absolute Gasteiger partial charge is 0.507 e. The molecule has 0 aromatic heterocycles. The molecule has 0 saturated carbocycles. The van der Waals surface area contributed by atoms with Gasteiger partial charge in [-0.15, -0.1) is 0 Å². The lowest BCUT2D eigenvalue weighted by atomic mass is 10.0. The van der Waals surface area contributed by atoms with E-state index in [4.69, 9.17) is 0 Å². The minimum absolute atomic E-state index is 0.114. The summed E-state index contributed by atoms with van der Waals surface area (Å²) in [5, 5.41) is 12.4. The summed E-state index contributed by atoms with van der Waals surface area (Å²) in [6.45, 7) is 9.59. The molecule has 3 nitrogen and oxygen atoms in total. The van der Waals surface area contributed by atoms with Crippen molar-refractivity contribution in [3.05, 3.63) is 41.0 Å². The maximum atomic E-state index is 11.3. The van der Waals surface area contributed by atoms with Gasteiger partial charge in [-0.05, 0) is 43.9 Å². The highest BCUT2D eigenvalue weighted by Crippen LogP contribution is 2.22. The molecule has 1 aromatic carbocycles. The molecule has 0 saturated heterocycles. The van der Waals surface area contributed by atoms with Crippen LogP contribution in [0.3, 0.4) is 0 Å². The van der Waals surface area contributed by atoms with E-state index in [0.717, 1.165) is 23.1 Å². The Hall–Kier alpha value is -1.77. The van der Waals surface area contributed by atoms with Crippen molar-refractivity contribution in [2.45, 2.75) is 27.2 Å². The first-order valence-electron chi connectivity index (χ1n) is 5.64. The van der Waals surface area contributed by atoms with Crippen molar-refractivity contribution in [3.8, 4) is 5.75 Å². The number of carbonyl (C=O) groups excluding carboxylic acids is 1. The summed E-state index contributed by atoms with van der Waals surface area (Å²) in [6, 6.07) is 3.88. The molecule has 2 N–H and O–H groups in total. The second kappa shape index (κ2) is 5.53. The quantitative estimate of drug-likeness (QED) is 0.784. The fourth-order valence-electron chi connectivity index (χ4n) is 1.66. The molecule has 0 spiro atoms. The lowest BCUT2D eigenvalue weighted by Gasteiger charge is -2.08. The fourth-order valence-corrected chi connectivity index (χ4v) is 1.66. The smallest absolute Gasteiger partial charge is 0.246 e. The molecule has 0 aliphatic carbocycles. The van der Waals surface area contributed by atoms with Gasteiger partial charge in [-0.1, -0.05) is 18.7 Å². The summed E-state index contributed by atoms with van der Waals surface area (Å²) in [6.07, 6.45) is 0.751. The van der Waals surface area contributed by atoms with Gasteiger partial charge in [0.25, 0.3) is 0 Å². The number of benzene rings is 1. The molecule has 0 aliphatic heterocycles. The Morgan fingerprint density at radius 2 is 1.88 bits per heavy atom. The second-order valence-electron chi connectivity index (χ2n) is 4.36. The molecular formula is C14H19NO2. The zero-order valence-corrected chi connectivity index (χ0v) is 10.6. The topological polar surface area (TPSA) is 49.3 Å². The molecule has 1 amide bonds. The van der Waals surface area contributed by atoms with E-state index in [2.05, 4.69) is 11.9 Å². The standard InChI is InChI=1S/C14H19NO2/c1-9(2)14(17)15-6-5-12-7-10(3)13(16)11(4)8-12/h7-8,16H,1,5-6H2,2-4H3,(H,15,17). The van der Waals surface area contributed by atoms with Gasteiger partial charge in [0.15, 0.2) is 0 Å². The van der Waals surface area contributed by atoms with Crippen molar-refractivity contribution in [1.82, 2.24) is 5.32 Å². The van der Waals surface area contributed by atoms with E-state index < -0.39 is 0 Å². The van der Waals surface area contributed by atoms with E-state index in [1.807, 2.05) is 26.0 Å². The van der Waals surface area contributed by atoms with Crippen LogP contribution in [0.5, 0.6) is 5.75 Å². The predicted molar refractivity (Wildman–Crippen MR) is 69.1 cm³/mol. The zero-order valence-electron chi connectivity index (χ0n) is 10.6. The lowest BCUT2D eigenvalue weighted by Crippen LogP contribution is -2.25. The minimum atomic E-state index is -0.114. The minimum Gasteiger partial charge on any atom is -0.507 e. The third kappa shape index (κ3) is 3.63. The first kappa shape index (κ1) is 13.3. The molecule has 0 aliphatic rings. The molecule has 0 bridgehead atoms. The average molecular weight is 233 g/mol. The van der Waals surface area contributed by atoms with Gasteiger partial charge in [-0.25, -0.2) is 0 Å². The molecule has 3 heteroatoms. The van der Waals surface area contributed by atoms with Crippen LogP contribution in [0.25, 0.3) is 0 Å². The fraction of sp³-hybridized carbons (Fsp3) is 0.357. The molecule has 0 heterocycles. The number of phenols is 1. The van der Waals surface area contributed by atoms with Crippen LogP contribution in [0.1, 0.15) is 23.6 Å². The van der Waals surface area contributed by atoms with Gasteiger partial charge in [0.05, 0.1) is 0 Å². The summed E-state index contributed by atoms with van der Waals surface area (Å²) in [4.78, 5) is 11.3. The van der Waals surface area contributed by atoms with Crippen LogP contribution in [0, 0.1) is 13.8 Å². The number of phenolic OH excluding ortho intramolecular Hbond substituents is 1. The average Bonchev–Trinajstić information content (AvgIpc) is 2.25. The summed E-state index contributed by atoms with van der Waals surface area (Å²) in [5.41, 5.74) is 3.36. The molecule has 0 unspecified atom stereocenters. The van der Waals surface area contributed by atoms with E-state index in [0.29, 0.717) is 17.9 Å². The van der Waals surface area contributed by atoms with Crippen molar-refractivity contribution in [2.24, 2.45) is 0 Å². The van der Waals surface area contributed by atoms with Crippen molar-refractivity contribution in [1.29, 1.82) is 0 Å². The first-order valence-corrected chi connectivity index (χ1v) is 5.64. The maximum absolute atomic E-state index is 11.3. The van der Waals surface area contributed by atoms with E-state index in [9.17, 15) is 9.90 Å². The molecule has 0 atom stereocenters.